The van der Waals surface area contributed by atoms with E-state index in [0.29, 0.717) is 19.3 Å². The Hall–Kier alpha value is -2.80. The molecule has 0 radical (unpaired) electrons. The minimum absolute atomic E-state index is 0.140. The Morgan fingerprint density at radius 2 is 0.861 bits per heavy atom. The maximum absolute atomic E-state index is 13.0. The molecule has 0 aliphatic carbocycles. The molecule has 0 bridgehead atoms. The highest BCUT2D eigenvalue weighted by molar-refractivity contribution is 5.70. The van der Waals surface area contributed by atoms with E-state index in [-0.39, 0.29) is 19.4 Å². The quantitative estimate of drug-likeness (QED) is 0.0172. The van der Waals surface area contributed by atoms with Crippen molar-refractivity contribution >= 4 is 11.9 Å². The van der Waals surface area contributed by atoms with Crippen LogP contribution >= 0.6 is 0 Å². The van der Waals surface area contributed by atoms with E-state index in [4.69, 9.17) is 28.4 Å². The van der Waals surface area contributed by atoms with Crippen LogP contribution in [0.5, 0.6) is 0 Å². The van der Waals surface area contributed by atoms with Crippen molar-refractivity contribution < 1.29 is 73.8 Å². The van der Waals surface area contributed by atoms with E-state index in [1.54, 1.807) is 0 Å². The molecule has 0 spiro atoms. The summed E-state index contributed by atoms with van der Waals surface area (Å²) in [6, 6.07) is 0. The zero-order chi connectivity index (χ0) is 52.4. The number of rotatable bonds is 43. The molecule has 2 fully saturated rings. The van der Waals surface area contributed by atoms with E-state index in [2.05, 4.69) is 68.5 Å². The largest absolute Gasteiger partial charge is 0.462 e. The van der Waals surface area contributed by atoms with E-state index in [1.807, 2.05) is 6.08 Å². The van der Waals surface area contributed by atoms with Crippen LogP contribution in [0.25, 0.3) is 0 Å². The highest BCUT2D eigenvalue weighted by Crippen LogP contribution is 2.26. The lowest BCUT2D eigenvalue weighted by atomic mass is 9.98. The molecule has 416 valence electrons. The number of aliphatic hydroxyl groups is 7. The first kappa shape index (κ1) is 65.3. The van der Waals surface area contributed by atoms with Gasteiger partial charge in [-0.05, 0) is 70.6 Å². The van der Waals surface area contributed by atoms with E-state index in [0.717, 1.165) is 57.8 Å². The van der Waals surface area contributed by atoms with E-state index < -0.39 is 99.3 Å². The van der Waals surface area contributed by atoms with Gasteiger partial charge in [-0.25, -0.2) is 0 Å². The highest BCUT2D eigenvalue weighted by atomic mass is 16.7. The molecule has 0 aromatic rings. The van der Waals surface area contributed by atoms with Gasteiger partial charge in [-0.1, -0.05) is 171 Å². The molecule has 2 aliphatic rings. The standard InChI is InChI=1S/C57H98O15/c1-3-5-7-9-11-13-15-17-19-20-21-22-23-24-26-27-29-31-33-35-37-39-48(59)67-42-45(70-49(60)40-38-36-34-32-30-28-25-18-16-14-12-10-8-6-4-2)43-68-56-55(66)53(64)51(62)47(72-56)44-69-57-54(65)52(63)50(61)46(41-58)71-57/h10,12,19-20,22-23,26-27,31,33,45-47,50-58,61-66H,3-9,11,13-18,21,24-25,28-30,32,34-44H2,1-2H3/b12-10+,20-19+,23-22+,27-26+,33-31+/t45-,46+,47+,50-,51-,52?,53?,54?,55?,56+,57+/m0/s1. The van der Waals surface area contributed by atoms with Gasteiger partial charge < -0.3 is 64.2 Å². The SMILES string of the molecule is CCCC/C=C/CCCCCCCCCCCC(=O)O[C@@H](COC(=O)CCC/C=C/C/C=C/C/C=C/C/C=C/CCCCCCCCC)CO[C@@H]1O[C@H](CO[C@@H]2O[C@H](CO)[C@H](O)C(O)C2O)[C@H](O)C(O)C1O. The van der Waals surface area contributed by atoms with Crippen molar-refractivity contribution in [1.82, 2.24) is 0 Å². The van der Waals surface area contributed by atoms with E-state index in [1.165, 1.54) is 89.9 Å². The van der Waals surface area contributed by atoms with Crippen LogP contribution in [0.4, 0.5) is 0 Å². The molecule has 2 rings (SSSR count). The van der Waals surface area contributed by atoms with Crippen LogP contribution in [0.15, 0.2) is 60.8 Å². The Balaban J connectivity index is 1.80. The minimum Gasteiger partial charge on any atom is -0.462 e. The smallest absolute Gasteiger partial charge is 0.306 e. The predicted octanol–water partition coefficient (Wildman–Crippen LogP) is 8.83. The summed E-state index contributed by atoms with van der Waals surface area (Å²) in [6.07, 6.45) is 33.9. The zero-order valence-corrected chi connectivity index (χ0v) is 44.1. The minimum atomic E-state index is -1.78. The number of allylic oxidation sites excluding steroid dienone is 10. The zero-order valence-electron chi connectivity index (χ0n) is 44.1. The molecule has 4 unspecified atom stereocenters. The van der Waals surface area contributed by atoms with Crippen molar-refractivity contribution in [3.8, 4) is 0 Å². The lowest BCUT2D eigenvalue weighted by Crippen LogP contribution is -2.61. The van der Waals surface area contributed by atoms with Crippen molar-refractivity contribution in [2.24, 2.45) is 0 Å². The fourth-order valence-corrected chi connectivity index (χ4v) is 8.37. The summed E-state index contributed by atoms with van der Waals surface area (Å²) in [6.45, 7) is 2.51. The molecule has 0 amide bonds. The average Bonchev–Trinajstić information content (AvgIpc) is 3.37. The molecule has 0 aromatic heterocycles. The van der Waals surface area contributed by atoms with Gasteiger partial charge in [-0.15, -0.1) is 0 Å². The molecule has 0 aromatic carbocycles. The Labute approximate surface area is 432 Å². The summed E-state index contributed by atoms with van der Waals surface area (Å²) in [5.41, 5.74) is 0. The average molecular weight is 1020 g/mol. The van der Waals surface area contributed by atoms with Gasteiger partial charge in [0.15, 0.2) is 18.7 Å². The maximum Gasteiger partial charge on any atom is 0.306 e. The van der Waals surface area contributed by atoms with Gasteiger partial charge in [-0.2, -0.15) is 0 Å². The topological polar surface area (TPSA) is 231 Å². The molecule has 2 saturated heterocycles. The summed E-state index contributed by atoms with van der Waals surface area (Å²) in [4.78, 5) is 25.8. The highest BCUT2D eigenvalue weighted by Gasteiger charge is 2.47. The number of carbonyl (C=O) groups excluding carboxylic acids is 2. The number of hydrogen-bond acceptors (Lipinski definition) is 15. The lowest BCUT2D eigenvalue weighted by molar-refractivity contribution is -0.332. The molecule has 15 nitrogen and oxygen atoms in total. The van der Waals surface area contributed by atoms with Crippen LogP contribution in [0.2, 0.25) is 0 Å². The molecule has 2 heterocycles. The number of aliphatic hydroxyl groups excluding tert-OH is 7. The second kappa shape index (κ2) is 43.4. The number of esters is 2. The lowest BCUT2D eigenvalue weighted by Gasteiger charge is -2.42. The normalized spacial score (nSPS) is 25.5. The van der Waals surface area contributed by atoms with Crippen LogP contribution in [-0.4, -0.2) is 142 Å². The summed E-state index contributed by atoms with van der Waals surface area (Å²) >= 11 is 0. The summed E-state index contributed by atoms with van der Waals surface area (Å²) in [7, 11) is 0. The van der Waals surface area contributed by atoms with Crippen LogP contribution in [0.3, 0.4) is 0 Å². The van der Waals surface area contributed by atoms with Crippen LogP contribution in [0, 0.1) is 0 Å². The Morgan fingerprint density at radius 3 is 1.40 bits per heavy atom. The third-order valence-corrected chi connectivity index (χ3v) is 13.0. The summed E-state index contributed by atoms with van der Waals surface area (Å²) in [5.74, 6) is -0.993. The molecule has 2 aliphatic heterocycles. The first-order chi connectivity index (χ1) is 35.0. The van der Waals surface area contributed by atoms with Gasteiger partial charge in [0.1, 0.15) is 55.4 Å². The third-order valence-electron chi connectivity index (χ3n) is 13.0. The van der Waals surface area contributed by atoms with Crippen molar-refractivity contribution in [2.75, 3.05) is 26.4 Å². The monoisotopic (exact) mass is 1020 g/mol. The third kappa shape index (κ3) is 30.5. The van der Waals surface area contributed by atoms with Crippen LogP contribution in [-0.2, 0) is 38.0 Å². The second-order valence-corrected chi connectivity index (χ2v) is 19.4. The summed E-state index contributed by atoms with van der Waals surface area (Å²) < 4.78 is 33.6. The van der Waals surface area contributed by atoms with E-state index in [9.17, 15) is 45.3 Å². The van der Waals surface area contributed by atoms with Crippen molar-refractivity contribution in [3.05, 3.63) is 60.8 Å². The summed E-state index contributed by atoms with van der Waals surface area (Å²) in [5, 5.41) is 72.2. The van der Waals surface area contributed by atoms with Crippen molar-refractivity contribution in [2.45, 2.75) is 261 Å². The first-order valence-corrected chi connectivity index (χ1v) is 27.9. The number of ether oxygens (including phenoxy) is 6. The molecular formula is C57H98O15. The Bertz CT molecular complexity index is 1480. The molecular weight excluding hydrogens is 925 g/mol. The van der Waals surface area contributed by atoms with Gasteiger partial charge in [0.25, 0.3) is 0 Å². The van der Waals surface area contributed by atoms with Gasteiger partial charge in [0.05, 0.1) is 19.8 Å². The van der Waals surface area contributed by atoms with Gasteiger partial charge >= 0.3 is 11.9 Å². The van der Waals surface area contributed by atoms with E-state index >= 15 is 0 Å². The Morgan fingerprint density at radius 1 is 0.444 bits per heavy atom. The predicted molar refractivity (Wildman–Crippen MR) is 280 cm³/mol. The van der Waals surface area contributed by atoms with Gasteiger partial charge in [0, 0.05) is 12.8 Å². The van der Waals surface area contributed by atoms with Crippen molar-refractivity contribution in [1.29, 1.82) is 0 Å². The fourth-order valence-electron chi connectivity index (χ4n) is 8.37. The number of hydrogen-bond donors (Lipinski definition) is 7. The molecule has 72 heavy (non-hydrogen) atoms. The Kier molecular flexibility index (Phi) is 39.4. The van der Waals surface area contributed by atoms with Crippen molar-refractivity contribution in [3.63, 3.8) is 0 Å². The fraction of sp³-hybridized carbons (Fsp3) is 0.789. The maximum atomic E-state index is 13.0. The van der Waals surface area contributed by atoms with Crippen LogP contribution < -0.4 is 0 Å². The molecule has 15 heteroatoms. The van der Waals surface area contributed by atoms with Gasteiger partial charge in [0.2, 0.25) is 0 Å². The number of carbonyl (C=O) groups is 2. The molecule has 11 atom stereocenters. The number of unbranched alkanes of at least 4 members (excludes halogenated alkanes) is 19. The first-order valence-electron chi connectivity index (χ1n) is 27.9. The molecule has 7 N–H and O–H groups in total. The van der Waals surface area contributed by atoms with Crippen LogP contribution in [0.1, 0.15) is 194 Å². The second-order valence-electron chi connectivity index (χ2n) is 19.4. The molecule has 0 saturated carbocycles. The van der Waals surface area contributed by atoms with Gasteiger partial charge in [-0.3, -0.25) is 9.59 Å².